The highest BCUT2D eigenvalue weighted by molar-refractivity contribution is 6.11. The highest BCUT2D eigenvalue weighted by Crippen LogP contribution is 2.77. The summed E-state index contributed by atoms with van der Waals surface area (Å²) in [6.07, 6.45) is 2.60. The van der Waals surface area contributed by atoms with Crippen molar-refractivity contribution in [3.05, 3.63) is 35.5 Å². The van der Waals surface area contributed by atoms with Crippen LogP contribution in [0.2, 0.25) is 0 Å². The van der Waals surface area contributed by atoms with Gasteiger partial charge < -0.3 is 19.7 Å². The van der Waals surface area contributed by atoms with Gasteiger partial charge in [0.2, 0.25) is 0 Å². The van der Waals surface area contributed by atoms with E-state index in [4.69, 9.17) is 9.47 Å². The van der Waals surface area contributed by atoms with Gasteiger partial charge >= 0.3 is 11.9 Å². The molecule has 0 aromatic heterocycles. The molecule has 7 heteroatoms. The second-order valence-corrected chi connectivity index (χ2v) is 11.3. The highest BCUT2D eigenvalue weighted by atomic mass is 16.6. The number of hydrogen-bond donors (Lipinski definition) is 2. The van der Waals surface area contributed by atoms with Crippen molar-refractivity contribution in [2.75, 3.05) is 0 Å². The van der Waals surface area contributed by atoms with E-state index in [1.54, 1.807) is 46.8 Å². The lowest BCUT2D eigenvalue weighted by molar-refractivity contribution is -0.166. The van der Waals surface area contributed by atoms with Gasteiger partial charge in [0, 0.05) is 11.3 Å². The molecule has 7 atom stereocenters. The lowest BCUT2D eigenvalue weighted by Crippen LogP contribution is -2.64. The Labute approximate surface area is 187 Å². The second kappa shape index (κ2) is 5.45. The van der Waals surface area contributed by atoms with E-state index in [9.17, 15) is 24.6 Å². The number of carbonyl (C=O) groups excluding carboxylic acids is 3. The topological polar surface area (TPSA) is 110 Å². The third-order valence-corrected chi connectivity index (χ3v) is 9.41. The maximum atomic E-state index is 13.8. The SMILES string of the molecule is C=C1C2(C)CC3C(C)(O)C4=C(C=CC3(C)C13C(=O)OC(C)C3(O)C2=O)C(C)(C)OC(=O)C4. The molecule has 7 unspecified atom stereocenters. The number of esters is 2. The monoisotopic (exact) mass is 442 g/mol. The fraction of sp³-hybridized carbons (Fsp3) is 0.640. The summed E-state index contributed by atoms with van der Waals surface area (Å²) in [6.45, 7) is 14.3. The molecule has 32 heavy (non-hydrogen) atoms. The predicted molar refractivity (Wildman–Crippen MR) is 113 cm³/mol. The maximum Gasteiger partial charge on any atom is 0.321 e. The molecule has 2 heterocycles. The average Bonchev–Trinajstić information content (AvgIpc) is 2.88. The third-order valence-electron chi connectivity index (χ3n) is 9.41. The van der Waals surface area contributed by atoms with Crippen molar-refractivity contribution in [1.82, 2.24) is 0 Å². The number of aliphatic hydroxyl groups is 2. The van der Waals surface area contributed by atoms with Gasteiger partial charge in [-0.25, -0.2) is 0 Å². The first-order valence-corrected chi connectivity index (χ1v) is 11.1. The Bertz CT molecular complexity index is 1090. The Morgan fingerprint density at radius 3 is 2.34 bits per heavy atom. The number of carbonyl (C=O) groups is 3. The zero-order valence-electron chi connectivity index (χ0n) is 19.4. The van der Waals surface area contributed by atoms with Crippen LogP contribution in [-0.2, 0) is 23.9 Å². The summed E-state index contributed by atoms with van der Waals surface area (Å²) in [7, 11) is 0. The van der Waals surface area contributed by atoms with Gasteiger partial charge in [0.25, 0.3) is 0 Å². The number of cyclic esters (lactones) is 2. The summed E-state index contributed by atoms with van der Waals surface area (Å²) < 4.78 is 11.1. The van der Waals surface area contributed by atoms with Crippen LogP contribution in [0.4, 0.5) is 0 Å². The van der Waals surface area contributed by atoms with Gasteiger partial charge in [-0.05, 0) is 57.8 Å². The molecule has 2 N–H and O–H groups in total. The number of Topliss-reactive ketones (excluding diaryl/α,β-unsaturated/α-hetero) is 1. The Morgan fingerprint density at radius 1 is 1.09 bits per heavy atom. The van der Waals surface area contributed by atoms with Crippen molar-refractivity contribution in [3.8, 4) is 0 Å². The molecule has 0 amide bonds. The molecule has 0 radical (unpaired) electrons. The molecule has 0 aromatic carbocycles. The molecule has 3 fully saturated rings. The van der Waals surface area contributed by atoms with Gasteiger partial charge in [0.1, 0.15) is 17.1 Å². The Balaban J connectivity index is 1.86. The maximum absolute atomic E-state index is 13.8. The first kappa shape index (κ1) is 21.6. The Kier molecular flexibility index (Phi) is 3.68. The van der Waals surface area contributed by atoms with Gasteiger partial charge in [0.15, 0.2) is 11.4 Å². The Morgan fingerprint density at radius 2 is 1.72 bits per heavy atom. The minimum atomic E-state index is -2.10. The summed E-state index contributed by atoms with van der Waals surface area (Å²) in [5.74, 6) is -2.31. The fourth-order valence-corrected chi connectivity index (χ4v) is 7.75. The first-order chi connectivity index (χ1) is 14.5. The van der Waals surface area contributed by atoms with Crippen molar-refractivity contribution < 1.29 is 34.1 Å². The molecular formula is C25H30O7. The quantitative estimate of drug-likeness (QED) is 0.437. The van der Waals surface area contributed by atoms with Crippen LogP contribution in [0.25, 0.3) is 0 Å². The summed E-state index contributed by atoms with van der Waals surface area (Å²) in [5.41, 5.74) is -7.32. The molecular weight excluding hydrogens is 412 g/mol. The van der Waals surface area contributed by atoms with Crippen LogP contribution in [0, 0.1) is 22.2 Å². The molecule has 1 spiro atoms. The lowest BCUT2D eigenvalue weighted by atomic mass is 9.44. The molecule has 7 nitrogen and oxygen atoms in total. The van der Waals surface area contributed by atoms with Gasteiger partial charge in [-0.1, -0.05) is 25.7 Å². The highest BCUT2D eigenvalue weighted by Gasteiger charge is 2.88. The molecule has 2 aliphatic heterocycles. The summed E-state index contributed by atoms with van der Waals surface area (Å²) >= 11 is 0. The minimum absolute atomic E-state index is 0.0909. The van der Waals surface area contributed by atoms with E-state index in [1.165, 1.54) is 6.92 Å². The zero-order valence-corrected chi connectivity index (χ0v) is 19.4. The normalized spacial score (nSPS) is 51.0. The fourth-order valence-electron chi connectivity index (χ4n) is 7.75. The van der Waals surface area contributed by atoms with E-state index in [0.717, 1.165) is 0 Å². The summed E-state index contributed by atoms with van der Waals surface area (Å²) in [5, 5.41) is 24.0. The van der Waals surface area contributed by atoms with Gasteiger partial charge in [-0.15, -0.1) is 0 Å². The molecule has 5 aliphatic rings. The van der Waals surface area contributed by atoms with Crippen LogP contribution in [0.15, 0.2) is 35.5 Å². The molecule has 1 saturated heterocycles. The van der Waals surface area contributed by atoms with Crippen LogP contribution in [-0.4, -0.2) is 50.8 Å². The van der Waals surface area contributed by atoms with Crippen LogP contribution >= 0.6 is 0 Å². The van der Waals surface area contributed by atoms with Crippen LogP contribution < -0.4 is 0 Å². The third kappa shape index (κ3) is 1.84. The number of hydrogen-bond acceptors (Lipinski definition) is 7. The largest absolute Gasteiger partial charge is 0.458 e. The van der Waals surface area contributed by atoms with E-state index in [-0.39, 0.29) is 12.8 Å². The average molecular weight is 443 g/mol. The second-order valence-electron chi connectivity index (χ2n) is 11.3. The Hall–Kier alpha value is -2.25. The first-order valence-electron chi connectivity index (χ1n) is 11.1. The van der Waals surface area contributed by atoms with E-state index in [0.29, 0.717) is 16.7 Å². The molecule has 5 rings (SSSR count). The van der Waals surface area contributed by atoms with Gasteiger partial charge in [-0.2, -0.15) is 0 Å². The predicted octanol–water partition coefficient (Wildman–Crippen LogP) is 2.16. The van der Waals surface area contributed by atoms with Crippen LogP contribution in [0.5, 0.6) is 0 Å². The number of fused-ring (bicyclic) bond motifs is 2. The zero-order chi connectivity index (χ0) is 23.9. The van der Waals surface area contributed by atoms with E-state index >= 15 is 0 Å². The number of ether oxygens (including phenoxy) is 2. The van der Waals surface area contributed by atoms with Crippen molar-refractivity contribution in [3.63, 3.8) is 0 Å². The van der Waals surface area contributed by atoms with E-state index < -0.39 is 62.8 Å². The molecule has 2 saturated carbocycles. The van der Waals surface area contributed by atoms with Crippen molar-refractivity contribution in [1.29, 1.82) is 0 Å². The molecule has 3 aliphatic carbocycles. The molecule has 0 aromatic rings. The minimum Gasteiger partial charge on any atom is -0.458 e. The van der Waals surface area contributed by atoms with Gasteiger partial charge in [-0.3, -0.25) is 14.4 Å². The molecule has 2 bridgehead atoms. The van der Waals surface area contributed by atoms with Crippen LogP contribution in [0.1, 0.15) is 54.4 Å². The summed E-state index contributed by atoms with van der Waals surface area (Å²) in [4.78, 5) is 39.8. The smallest absolute Gasteiger partial charge is 0.321 e. The molecule has 172 valence electrons. The van der Waals surface area contributed by atoms with Crippen LogP contribution in [0.3, 0.4) is 0 Å². The number of ketones is 1. The lowest BCUT2D eigenvalue weighted by Gasteiger charge is -2.57. The number of rotatable bonds is 0. The van der Waals surface area contributed by atoms with E-state index in [1.807, 2.05) is 0 Å². The van der Waals surface area contributed by atoms with Crippen molar-refractivity contribution >= 4 is 17.7 Å². The van der Waals surface area contributed by atoms with Crippen molar-refractivity contribution in [2.24, 2.45) is 22.2 Å². The van der Waals surface area contributed by atoms with Gasteiger partial charge in [0.05, 0.1) is 17.4 Å². The van der Waals surface area contributed by atoms with Crippen molar-refractivity contribution in [2.45, 2.75) is 77.3 Å². The van der Waals surface area contributed by atoms with E-state index in [2.05, 4.69) is 6.58 Å². The number of allylic oxidation sites excluding steroid dienone is 1. The summed E-state index contributed by atoms with van der Waals surface area (Å²) in [6, 6.07) is 0. The standard InChI is InChI=1S/C25H30O7/c1-12-21(5)11-16-22(6,24(12)19(28)31-13(2)25(24,30)18(21)27)9-8-14-15(23(16,7)29)10-17(26)32-20(14,3)4/h8-9,13,16,29-30H,1,10-11H2,2-7H3.